The van der Waals surface area contributed by atoms with Gasteiger partial charge in [0, 0.05) is 24.4 Å². The van der Waals surface area contributed by atoms with E-state index in [-0.39, 0.29) is 11.5 Å². The van der Waals surface area contributed by atoms with Crippen LogP contribution >= 0.6 is 0 Å². The minimum Gasteiger partial charge on any atom is -0.393 e. The van der Waals surface area contributed by atoms with Gasteiger partial charge in [0.15, 0.2) is 5.82 Å². The van der Waals surface area contributed by atoms with Gasteiger partial charge in [0.1, 0.15) is 5.52 Å². The molecule has 1 fully saturated rings. The molecule has 0 saturated heterocycles. The summed E-state index contributed by atoms with van der Waals surface area (Å²) in [6, 6.07) is 12.5. The van der Waals surface area contributed by atoms with Crippen LogP contribution < -0.4 is 5.32 Å². The Morgan fingerprint density at radius 1 is 1.30 bits per heavy atom. The smallest absolute Gasteiger partial charge is 0.152 e. The summed E-state index contributed by atoms with van der Waals surface area (Å²) in [5.74, 6) is 0.838. The molecule has 2 heterocycles. The normalized spacial score (nSPS) is 23.7. The lowest BCUT2D eigenvalue weighted by molar-refractivity contribution is 0.0242. The lowest BCUT2D eigenvalue weighted by atomic mass is 9.62. The van der Waals surface area contributed by atoms with Crippen molar-refractivity contribution >= 4 is 11.3 Å². The van der Waals surface area contributed by atoms with Crippen molar-refractivity contribution < 1.29 is 5.11 Å². The number of hydrogen-bond donors (Lipinski definition) is 2. The van der Waals surface area contributed by atoms with Crippen molar-refractivity contribution in [1.29, 1.82) is 0 Å². The van der Waals surface area contributed by atoms with Gasteiger partial charge in [-0.05, 0) is 31.4 Å². The molecule has 1 aliphatic rings. The average molecular weight is 308 g/mol. The summed E-state index contributed by atoms with van der Waals surface area (Å²) in [5, 5.41) is 17.8. The SMILES string of the molecule is Cc1cc2c(NCC3(c4ccccc4)CC(O)C3)nccn2n1. The monoisotopic (exact) mass is 308 g/mol. The molecule has 0 unspecified atom stereocenters. The summed E-state index contributed by atoms with van der Waals surface area (Å²) in [7, 11) is 0. The van der Waals surface area contributed by atoms with Crippen LogP contribution in [0.1, 0.15) is 24.1 Å². The third kappa shape index (κ3) is 2.47. The Hall–Kier alpha value is -2.40. The molecule has 0 atom stereocenters. The van der Waals surface area contributed by atoms with Crippen LogP contribution in [-0.4, -0.2) is 32.4 Å². The number of nitrogens with zero attached hydrogens (tertiary/aromatic N) is 3. The number of aliphatic hydroxyl groups excluding tert-OH is 1. The molecule has 1 saturated carbocycles. The number of rotatable bonds is 4. The van der Waals surface area contributed by atoms with E-state index < -0.39 is 0 Å². The molecule has 0 amide bonds. The van der Waals surface area contributed by atoms with Crippen LogP contribution in [0.15, 0.2) is 48.8 Å². The Morgan fingerprint density at radius 3 is 2.83 bits per heavy atom. The highest BCUT2D eigenvalue weighted by atomic mass is 16.3. The highest BCUT2D eigenvalue weighted by Crippen LogP contribution is 2.44. The predicted octanol–water partition coefficient (Wildman–Crippen LogP) is 2.54. The second-order valence-corrected chi connectivity index (χ2v) is 6.45. The second kappa shape index (κ2) is 5.35. The van der Waals surface area contributed by atoms with Crippen molar-refractivity contribution in [3.8, 4) is 0 Å². The first-order valence-electron chi connectivity index (χ1n) is 7.95. The van der Waals surface area contributed by atoms with Crippen LogP contribution in [-0.2, 0) is 5.41 Å². The van der Waals surface area contributed by atoms with Gasteiger partial charge in [-0.3, -0.25) is 0 Å². The topological polar surface area (TPSA) is 62.5 Å². The van der Waals surface area contributed by atoms with Crippen molar-refractivity contribution in [1.82, 2.24) is 14.6 Å². The summed E-state index contributed by atoms with van der Waals surface area (Å²) in [6.45, 7) is 2.73. The Morgan fingerprint density at radius 2 is 2.09 bits per heavy atom. The summed E-state index contributed by atoms with van der Waals surface area (Å²) in [6.07, 6.45) is 4.97. The Bertz CT molecular complexity index is 821. The number of aliphatic hydroxyl groups is 1. The molecule has 0 bridgehead atoms. The molecule has 1 aromatic carbocycles. The summed E-state index contributed by atoms with van der Waals surface area (Å²) >= 11 is 0. The van der Waals surface area contributed by atoms with E-state index in [2.05, 4.69) is 39.7 Å². The van der Waals surface area contributed by atoms with Gasteiger partial charge in [-0.1, -0.05) is 30.3 Å². The van der Waals surface area contributed by atoms with Crippen LogP contribution in [0.25, 0.3) is 5.52 Å². The number of benzene rings is 1. The second-order valence-electron chi connectivity index (χ2n) is 6.45. The van der Waals surface area contributed by atoms with Gasteiger partial charge >= 0.3 is 0 Å². The number of fused-ring (bicyclic) bond motifs is 1. The van der Waals surface area contributed by atoms with E-state index in [4.69, 9.17) is 0 Å². The summed E-state index contributed by atoms with van der Waals surface area (Å²) in [4.78, 5) is 4.46. The third-order valence-electron chi connectivity index (χ3n) is 4.75. The van der Waals surface area contributed by atoms with Gasteiger partial charge in [-0.15, -0.1) is 0 Å². The minimum absolute atomic E-state index is 0.0236. The maximum Gasteiger partial charge on any atom is 0.152 e. The zero-order valence-corrected chi connectivity index (χ0v) is 13.1. The van der Waals surface area contributed by atoms with Gasteiger partial charge in [0.2, 0.25) is 0 Å². The fourth-order valence-corrected chi connectivity index (χ4v) is 3.55. The number of nitrogens with one attached hydrogen (secondary N) is 1. The van der Waals surface area contributed by atoms with Crippen LogP contribution in [0, 0.1) is 6.92 Å². The highest BCUT2D eigenvalue weighted by Gasteiger charge is 2.44. The number of anilines is 1. The van der Waals surface area contributed by atoms with Crippen molar-refractivity contribution in [3.05, 3.63) is 60.0 Å². The van der Waals surface area contributed by atoms with Crippen molar-refractivity contribution in [2.75, 3.05) is 11.9 Å². The molecule has 5 nitrogen and oxygen atoms in total. The highest BCUT2D eigenvalue weighted by molar-refractivity contribution is 5.67. The van der Waals surface area contributed by atoms with Crippen molar-refractivity contribution in [2.45, 2.75) is 31.3 Å². The molecule has 1 aliphatic carbocycles. The van der Waals surface area contributed by atoms with Crippen molar-refractivity contribution in [3.63, 3.8) is 0 Å². The van der Waals surface area contributed by atoms with Gasteiger partial charge in [-0.2, -0.15) is 5.10 Å². The molecule has 0 spiro atoms. The maximum absolute atomic E-state index is 9.86. The van der Waals surface area contributed by atoms with Gasteiger partial charge in [-0.25, -0.2) is 9.50 Å². The van der Waals surface area contributed by atoms with Crippen LogP contribution in [0.3, 0.4) is 0 Å². The van der Waals surface area contributed by atoms with E-state index in [0.717, 1.165) is 36.4 Å². The Balaban J connectivity index is 1.61. The standard InChI is InChI=1S/C18H20N4O/c1-13-9-16-17(19-7-8-22(16)21-13)20-12-18(10-15(23)11-18)14-5-3-2-4-6-14/h2-9,15,23H,10-12H2,1H3,(H,19,20). The van der Waals surface area contributed by atoms with E-state index in [1.165, 1.54) is 5.56 Å². The maximum atomic E-state index is 9.86. The molecule has 5 heteroatoms. The number of aromatic nitrogens is 3. The molecule has 2 N–H and O–H groups in total. The molecular formula is C18H20N4O. The van der Waals surface area contributed by atoms with Crippen LogP contribution in [0.2, 0.25) is 0 Å². The van der Waals surface area contributed by atoms with E-state index >= 15 is 0 Å². The van der Waals surface area contributed by atoms with Crippen LogP contribution in [0.5, 0.6) is 0 Å². The third-order valence-corrected chi connectivity index (χ3v) is 4.75. The zero-order valence-electron chi connectivity index (χ0n) is 13.1. The lowest BCUT2D eigenvalue weighted by Crippen LogP contribution is -2.49. The molecular weight excluding hydrogens is 288 g/mol. The fourth-order valence-electron chi connectivity index (χ4n) is 3.55. The fraction of sp³-hybridized carbons (Fsp3) is 0.333. The van der Waals surface area contributed by atoms with Crippen LogP contribution in [0.4, 0.5) is 5.82 Å². The largest absolute Gasteiger partial charge is 0.393 e. The first-order valence-corrected chi connectivity index (χ1v) is 7.95. The molecule has 0 radical (unpaired) electrons. The molecule has 118 valence electrons. The number of aryl methyl sites for hydroxylation is 1. The van der Waals surface area contributed by atoms with Gasteiger partial charge in [0.05, 0.1) is 11.8 Å². The van der Waals surface area contributed by atoms with E-state index in [1.54, 1.807) is 6.20 Å². The predicted molar refractivity (Wildman–Crippen MR) is 89.6 cm³/mol. The minimum atomic E-state index is -0.210. The lowest BCUT2D eigenvalue weighted by Gasteiger charge is -2.46. The van der Waals surface area contributed by atoms with Gasteiger partial charge in [0.25, 0.3) is 0 Å². The first kappa shape index (κ1) is 14.2. The van der Waals surface area contributed by atoms with Crippen molar-refractivity contribution in [2.24, 2.45) is 0 Å². The zero-order chi connectivity index (χ0) is 15.9. The molecule has 23 heavy (non-hydrogen) atoms. The summed E-state index contributed by atoms with van der Waals surface area (Å²) < 4.78 is 1.84. The number of hydrogen-bond acceptors (Lipinski definition) is 4. The molecule has 3 aromatic rings. The molecule has 2 aromatic heterocycles. The Labute approximate surface area is 135 Å². The van der Waals surface area contributed by atoms with E-state index in [0.29, 0.717) is 0 Å². The quantitative estimate of drug-likeness (QED) is 0.777. The summed E-state index contributed by atoms with van der Waals surface area (Å²) in [5.41, 5.74) is 3.20. The Kier molecular flexibility index (Phi) is 3.31. The average Bonchev–Trinajstić information content (AvgIpc) is 2.92. The van der Waals surface area contributed by atoms with Gasteiger partial charge < -0.3 is 10.4 Å². The molecule has 0 aliphatic heterocycles. The molecule has 4 rings (SSSR count). The van der Waals surface area contributed by atoms with E-state index in [1.807, 2.05) is 29.8 Å². The van der Waals surface area contributed by atoms with E-state index in [9.17, 15) is 5.11 Å². The first-order chi connectivity index (χ1) is 11.2.